The minimum absolute atomic E-state index is 0.249. The van der Waals surface area contributed by atoms with E-state index in [9.17, 15) is 0 Å². The van der Waals surface area contributed by atoms with Gasteiger partial charge in [0.15, 0.2) is 0 Å². The van der Waals surface area contributed by atoms with Crippen molar-refractivity contribution in [2.24, 2.45) is 11.1 Å². The van der Waals surface area contributed by atoms with E-state index in [0.29, 0.717) is 12.0 Å². The van der Waals surface area contributed by atoms with Gasteiger partial charge in [0.2, 0.25) is 0 Å². The van der Waals surface area contributed by atoms with E-state index in [2.05, 4.69) is 32.9 Å². The van der Waals surface area contributed by atoms with Crippen molar-refractivity contribution in [3.05, 3.63) is 29.3 Å². The summed E-state index contributed by atoms with van der Waals surface area (Å²) >= 11 is 0. The van der Waals surface area contributed by atoms with Gasteiger partial charge in [0.25, 0.3) is 0 Å². The molecule has 1 aromatic carbocycles. The highest BCUT2D eigenvalue weighted by atomic mass is 16.5. The van der Waals surface area contributed by atoms with Crippen LogP contribution < -0.4 is 10.5 Å². The molecule has 2 nitrogen and oxygen atoms in total. The largest absolute Gasteiger partial charge is 0.497 e. The molecule has 15 heavy (non-hydrogen) atoms. The summed E-state index contributed by atoms with van der Waals surface area (Å²) in [6.07, 6.45) is 0. The van der Waals surface area contributed by atoms with Gasteiger partial charge in [0, 0.05) is 12.0 Å². The fraction of sp³-hybridized carbons (Fsp3) is 0.538. The van der Waals surface area contributed by atoms with Crippen molar-refractivity contribution in [3.63, 3.8) is 0 Å². The monoisotopic (exact) mass is 205 g/mol. The number of methoxy groups -OCH3 is 1. The number of benzene rings is 1. The van der Waals surface area contributed by atoms with E-state index in [1.165, 1.54) is 11.1 Å². The van der Waals surface area contributed by atoms with E-state index < -0.39 is 0 Å². The molecule has 0 amide bonds. The third kappa shape index (κ3) is 1.53. The molecule has 2 atom stereocenters. The first-order chi connectivity index (χ1) is 6.98. The number of hydrogen-bond acceptors (Lipinski definition) is 2. The summed E-state index contributed by atoms with van der Waals surface area (Å²) in [6, 6.07) is 6.54. The van der Waals surface area contributed by atoms with Crippen molar-refractivity contribution >= 4 is 0 Å². The van der Waals surface area contributed by atoms with Crippen LogP contribution in [0.25, 0.3) is 0 Å². The molecular formula is C13H19NO. The van der Waals surface area contributed by atoms with Gasteiger partial charge in [0.05, 0.1) is 7.11 Å². The average molecular weight is 205 g/mol. The van der Waals surface area contributed by atoms with Crippen molar-refractivity contribution in [1.29, 1.82) is 0 Å². The van der Waals surface area contributed by atoms with Crippen molar-refractivity contribution in [1.82, 2.24) is 0 Å². The summed E-state index contributed by atoms with van der Waals surface area (Å²) in [7, 11) is 1.70. The summed E-state index contributed by atoms with van der Waals surface area (Å²) in [5.41, 5.74) is 8.98. The van der Waals surface area contributed by atoms with Gasteiger partial charge < -0.3 is 10.5 Å². The van der Waals surface area contributed by atoms with Crippen molar-refractivity contribution < 1.29 is 4.74 Å². The lowest BCUT2D eigenvalue weighted by Crippen LogP contribution is -2.06. The molecule has 0 radical (unpaired) electrons. The summed E-state index contributed by atoms with van der Waals surface area (Å²) < 4.78 is 5.20. The van der Waals surface area contributed by atoms with Crippen LogP contribution in [0.15, 0.2) is 18.2 Å². The number of hydrogen-bond donors (Lipinski definition) is 1. The van der Waals surface area contributed by atoms with E-state index in [1.807, 2.05) is 6.07 Å². The molecule has 2 heteroatoms. The second kappa shape index (κ2) is 3.24. The molecular weight excluding hydrogens is 186 g/mol. The zero-order valence-electron chi connectivity index (χ0n) is 9.87. The van der Waals surface area contributed by atoms with E-state index in [0.717, 1.165) is 5.75 Å². The Balaban J connectivity index is 2.32. The molecule has 0 bridgehead atoms. The maximum absolute atomic E-state index is 6.08. The molecule has 82 valence electrons. The maximum atomic E-state index is 6.08. The first kappa shape index (κ1) is 10.5. The van der Waals surface area contributed by atoms with Crippen LogP contribution in [0.2, 0.25) is 0 Å². The van der Waals surface area contributed by atoms with Crippen LogP contribution in [0.4, 0.5) is 0 Å². The highest BCUT2D eigenvalue weighted by Crippen LogP contribution is 2.58. The van der Waals surface area contributed by atoms with Crippen LogP contribution in [0.1, 0.15) is 30.9 Å². The Morgan fingerprint density at radius 3 is 2.33 bits per heavy atom. The average Bonchev–Trinajstić information content (AvgIpc) is 2.67. The summed E-state index contributed by atoms with van der Waals surface area (Å²) in [6.45, 7) is 6.58. The number of nitrogens with two attached hydrogens (primary N) is 1. The highest BCUT2D eigenvalue weighted by Gasteiger charge is 2.56. The third-order valence-corrected chi connectivity index (χ3v) is 3.72. The van der Waals surface area contributed by atoms with Crippen molar-refractivity contribution in [2.75, 3.05) is 7.11 Å². The standard InChI is InChI=1S/C13H19NO/c1-8-7-9(15-4)5-6-10(8)11-12(14)13(11,2)3/h5-7,11-12H,14H2,1-4H3. The summed E-state index contributed by atoms with van der Waals surface area (Å²) in [5.74, 6) is 1.42. The molecule has 1 aliphatic carbocycles. The SMILES string of the molecule is COc1ccc(C2C(N)C2(C)C)c(C)c1. The molecule has 2 N–H and O–H groups in total. The fourth-order valence-corrected chi connectivity index (χ4v) is 2.40. The van der Waals surface area contributed by atoms with Crippen LogP contribution in [-0.2, 0) is 0 Å². The summed E-state index contributed by atoms with van der Waals surface area (Å²) in [4.78, 5) is 0. The van der Waals surface area contributed by atoms with E-state index in [-0.39, 0.29) is 5.41 Å². The Kier molecular flexibility index (Phi) is 2.27. The van der Waals surface area contributed by atoms with Crippen molar-refractivity contribution in [3.8, 4) is 5.75 Å². The molecule has 1 aliphatic rings. The Morgan fingerprint density at radius 1 is 1.33 bits per heavy atom. The molecule has 0 saturated heterocycles. The molecule has 0 aromatic heterocycles. The molecule has 0 heterocycles. The van der Waals surface area contributed by atoms with Gasteiger partial charge in [-0.05, 0) is 35.6 Å². The Labute approximate surface area is 91.4 Å². The molecule has 1 saturated carbocycles. The van der Waals surface area contributed by atoms with Crippen LogP contribution >= 0.6 is 0 Å². The molecule has 2 unspecified atom stereocenters. The summed E-state index contributed by atoms with van der Waals surface area (Å²) in [5, 5.41) is 0. The third-order valence-electron chi connectivity index (χ3n) is 3.72. The van der Waals surface area contributed by atoms with Gasteiger partial charge in [-0.15, -0.1) is 0 Å². The molecule has 1 aromatic rings. The second-order valence-corrected chi connectivity index (χ2v) is 5.05. The quantitative estimate of drug-likeness (QED) is 0.805. The predicted molar refractivity (Wildman–Crippen MR) is 62.2 cm³/mol. The normalized spacial score (nSPS) is 27.5. The van der Waals surface area contributed by atoms with Gasteiger partial charge in [-0.1, -0.05) is 19.9 Å². The van der Waals surface area contributed by atoms with Crippen LogP contribution in [-0.4, -0.2) is 13.2 Å². The number of ether oxygens (including phenoxy) is 1. The molecule has 0 spiro atoms. The highest BCUT2D eigenvalue weighted by molar-refractivity contribution is 5.43. The van der Waals surface area contributed by atoms with Crippen LogP contribution in [0, 0.1) is 12.3 Å². The molecule has 0 aliphatic heterocycles. The molecule has 2 rings (SSSR count). The van der Waals surface area contributed by atoms with Crippen LogP contribution in [0.3, 0.4) is 0 Å². The van der Waals surface area contributed by atoms with E-state index >= 15 is 0 Å². The fourth-order valence-electron chi connectivity index (χ4n) is 2.40. The lowest BCUT2D eigenvalue weighted by atomic mass is 9.99. The van der Waals surface area contributed by atoms with Gasteiger partial charge >= 0.3 is 0 Å². The Bertz CT molecular complexity index is 384. The number of rotatable bonds is 2. The lowest BCUT2D eigenvalue weighted by Gasteiger charge is -2.09. The zero-order valence-corrected chi connectivity index (χ0v) is 9.87. The zero-order chi connectivity index (χ0) is 11.2. The predicted octanol–water partition coefficient (Wildman–Crippen LogP) is 2.45. The topological polar surface area (TPSA) is 35.2 Å². The maximum Gasteiger partial charge on any atom is 0.119 e. The Morgan fingerprint density at radius 2 is 1.93 bits per heavy atom. The van der Waals surface area contributed by atoms with Crippen LogP contribution in [0.5, 0.6) is 5.75 Å². The first-order valence-electron chi connectivity index (χ1n) is 5.38. The lowest BCUT2D eigenvalue weighted by molar-refractivity contribution is 0.414. The first-order valence-corrected chi connectivity index (χ1v) is 5.38. The van der Waals surface area contributed by atoms with Gasteiger partial charge in [-0.3, -0.25) is 0 Å². The van der Waals surface area contributed by atoms with Gasteiger partial charge in [-0.25, -0.2) is 0 Å². The second-order valence-electron chi connectivity index (χ2n) is 5.05. The number of aryl methyl sites for hydroxylation is 1. The minimum Gasteiger partial charge on any atom is -0.497 e. The van der Waals surface area contributed by atoms with E-state index in [1.54, 1.807) is 7.11 Å². The molecule has 1 fully saturated rings. The van der Waals surface area contributed by atoms with Gasteiger partial charge in [-0.2, -0.15) is 0 Å². The van der Waals surface area contributed by atoms with Gasteiger partial charge in [0.1, 0.15) is 5.75 Å². The Hall–Kier alpha value is -1.02. The van der Waals surface area contributed by atoms with E-state index in [4.69, 9.17) is 10.5 Å². The minimum atomic E-state index is 0.249. The van der Waals surface area contributed by atoms with Crippen molar-refractivity contribution in [2.45, 2.75) is 32.7 Å². The smallest absolute Gasteiger partial charge is 0.119 e.